The normalized spacial score (nSPS) is 22.4. The third-order valence-electron chi connectivity index (χ3n) is 3.61. The van der Waals surface area contributed by atoms with Crippen molar-refractivity contribution < 1.29 is 13.2 Å². The summed E-state index contributed by atoms with van der Waals surface area (Å²) in [6.07, 6.45) is 3.99. The van der Waals surface area contributed by atoms with Gasteiger partial charge >= 0.3 is 0 Å². The summed E-state index contributed by atoms with van der Waals surface area (Å²) >= 11 is 0. The molecule has 3 unspecified atom stereocenters. The fraction of sp³-hybridized carbons (Fsp3) is 0.923. The minimum atomic E-state index is -3.04. The molecule has 3 atom stereocenters. The molecule has 1 aliphatic heterocycles. The van der Waals surface area contributed by atoms with Gasteiger partial charge in [0, 0.05) is 18.7 Å². The molecular weight excluding hydrogens is 300 g/mol. The van der Waals surface area contributed by atoms with Gasteiger partial charge in [-0.2, -0.15) is 0 Å². The Bertz CT molecular complexity index is 394. The molecule has 1 fully saturated rings. The van der Waals surface area contributed by atoms with E-state index in [1.165, 1.54) is 19.1 Å². The Labute approximate surface area is 128 Å². The maximum absolute atomic E-state index is 11.9. The molecule has 1 rings (SSSR count). The Morgan fingerprint density at radius 1 is 1.40 bits per heavy atom. The van der Waals surface area contributed by atoms with Crippen LogP contribution < -0.4 is 10.6 Å². The minimum absolute atomic E-state index is 0. The van der Waals surface area contributed by atoms with Gasteiger partial charge in [-0.3, -0.25) is 4.79 Å². The lowest BCUT2D eigenvalue weighted by Gasteiger charge is -2.28. The second kappa shape index (κ2) is 8.85. The predicted molar refractivity (Wildman–Crippen MR) is 83.9 cm³/mol. The minimum Gasteiger partial charge on any atom is -0.353 e. The van der Waals surface area contributed by atoms with Gasteiger partial charge in [0.15, 0.2) is 0 Å². The molecule has 20 heavy (non-hydrogen) atoms. The molecule has 1 heterocycles. The van der Waals surface area contributed by atoms with Gasteiger partial charge in [0.2, 0.25) is 5.91 Å². The van der Waals surface area contributed by atoms with Crippen LogP contribution in [-0.4, -0.2) is 45.5 Å². The fourth-order valence-electron chi connectivity index (χ4n) is 2.65. The SMILES string of the molecule is CC(CS(C)(=O)=O)NC(=O)CC(C)C1CCCNC1.Cl. The monoisotopic (exact) mass is 326 g/mol. The van der Waals surface area contributed by atoms with Gasteiger partial charge in [-0.05, 0) is 44.7 Å². The molecule has 0 aromatic rings. The fourth-order valence-corrected chi connectivity index (χ4v) is 3.64. The topological polar surface area (TPSA) is 75.3 Å². The number of sulfone groups is 1. The van der Waals surface area contributed by atoms with Crippen molar-refractivity contribution >= 4 is 28.2 Å². The van der Waals surface area contributed by atoms with E-state index in [1.807, 2.05) is 0 Å². The highest BCUT2D eigenvalue weighted by atomic mass is 35.5. The number of carbonyl (C=O) groups is 1. The van der Waals surface area contributed by atoms with Crippen LogP contribution in [0.4, 0.5) is 0 Å². The zero-order valence-corrected chi connectivity index (χ0v) is 14.1. The highest BCUT2D eigenvalue weighted by molar-refractivity contribution is 7.90. The number of piperidine rings is 1. The van der Waals surface area contributed by atoms with E-state index >= 15 is 0 Å². The molecule has 1 aliphatic rings. The van der Waals surface area contributed by atoms with Gasteiger partial charge in [-0.25, -0.2) is 8.42 Å². The quantitative estimate of drug-likeness (QED) is 0.763. The first-order valence-corrected chi connectivity index (χ1v) is 9.02. The number of halogens is 1. The largest absolute Gasteiger partial charge is 0.353 e. The molecule has 120 valence electrons. The third kappa shape index (κ3) is 8.07. The number of amides is 1. The van der Waals surface area contributed by atoms with E-state index in [4.69, 9.17) is 0 Å². The zero-order valence-electron chi connectivity index (χ0n) is 12.5. The zero-order chi connectivity index (χ0) is 14.5. The number of rotatable bonds is 6. The number of carbonyl (C=O) groups excluding carboxylic acids is 1. The first-order valence-electron chi connectivity index (χ1n) is 6.95. The number of hydrogen-bond acceptors (Lipinski definition) is 4. The highest BCUT2D eigenvalue weighted by Crippen LogP contribution is 2.22. The summed E-state index contributed by atoms with van der Waals surface area (Å²) in [5.74, 6) is 0.829. The molecular formula is C13H27ClN2O3S. The first-order chi connectivity index (χ1) is 8.78. The van der Waals surface area contributed by atoms with Crippen LogP contribution in [0.2, 0.25) is 0 Å². The van der Waals surface area contributed by atoms with Gasteiger partial charge in [0.05, 0.1) is 5.75 Å². The van der Waals surface area contributed by atoms with Crippen molar-refractivity contribution in [2.75, 3.05) is 25.1 Å². The summed E-state index contributed by atoms with van der Waals surface area (Å²) in [6, 6.07) is -0.320. The molecule has 5 nitrogen and oxygen atoms in total. The van der Waals surface area contributed by atoms with Crippen LogP contribution in [0, 0.1) is 11.8 Å². The Morgan fingerprint density at radius 2 is 2.05 bits per heavy atom. The van der Waals surface area contributed by atoms with Crippen LogP contribution in [0.1, 0.15) is 33.1 Å². The number of hydrogen-bond donors (Lipinski definition) is 2. The van der Waals surface area contributed by atoms with Gasteiger partial charge in [0.25, 0.3) is 0 Å². The van der Waals surface area contributed by atoms with Crippen LogP contribution in [0.25, 0.3) is 0 Å². The summed E-state index contributed by atoms with van der Waals surface area (Å²) in [5, 5.41) is 6.12. The van der Waals surface area contributed by atoms with Gasteiger partial charge in [0.1, 0.15) is 9.84 Å². The second-order valence-electron chi connectivity index (χ2n) is 5.85. The standard InChI is InChI=1S/C13H26N2O3S.ClH/c1-10(12-5-4-6-14-8-12)7-13(16)15-11(2)9-19(3,17)18;/h10-12,14H,4-9H2,1-3H3,(H,15,16);1H. The molecule has 7 heteroatoms. The average Bonchev–Trinajstić information content (AvgIpc) is 2.27. The van der Waals surface area contributed by atoms with E-state index < -0.39 is 9.84 Å². The predicted octanol–water partition coefficient (Wildman–Crippen LogP) is 0.983. The molecule has 1 saturated heterocycles. The van der Waals surface area contributed by atoms with Crippen molar-refractivity contribution in [2.45, 2.75) is 39.2 Å². The van der Waals surface area contributed by atoms with Crippen molar-refractivity contribution in [3.8, 4) is 0 Å². The van der Waals surface area contributed by atoms with Crippen LogP contribution in [-0.2, 0) is 14.6 Å². The third-order valence-corrected chi connectivity index (χ3v) is 4.71. The highest BCUT2D eigenvalue weighted by Gasteiger charge is 2.22. The summed E-state index contributed by atoms with van der Waals surface area (Å²) in [6.45, 7) is 5.87. The smallest absolute Gasteiger partial charge is 0.220 e. The first kappa shape index (κ1) is 19.7. The van der Waals surface area contributed by atoms with Crippen molar-refractivity contribution in [1.82, 2.24) is 10.6 Å². The van der Waals surface area contributed by atoms with Crippen LogP contribution in [0.5, 0.6) is 0 Å². The molecule has 0 saturated carbocycles. The van der Waals surface area contributed by atoms with Crippen molar-refractivity contribution in [2.24, 2.45) is 11.8 Å². The lowest BCUT2D eigenvalue weighted by Crippen LogP contribution is -2.40. The lowest BCUT2D eigenvalue weighted by atomic mass is 9.85. The Hall–Kier alpha value is -0.330. The summed E-state index contributed by atoms with van der Waals surface area (Å²) in [5.41, 5.74) is 0. The molecule has 0 radical (unpaired) electrons. The van der Waals surface area contributed by atoms with Crippen LogP contribution in [0.3, 0.4) is 0 Å². The van der Waals surface area contributed by atoms with E-state index in [9.17, 15) is 13.2 Å². The summed E-state index contributed by atoms with van der Waals surface area (Å²) in [4.78, 5) is 11.9. The van der Waals surface area contributed by atoms with Crippen molar-refractivity contribution in [3.63, 3.8) is 0 Å². The maximum Gasteiger partial charge on any atom is 0.220 e. The average molecular weight is 327 g/mol. The molecule has 0 aromatic heterocycles. The molecule has 0 aliphatic carbocycles. The maximum atomic E-state index is 11.9. The van der Waals surface area contributed by atoms with E-state index in [0.717, 1.165) is 13.1 Å². The number of nitrogens with one attached hydrogen (secondary N) is 2. The molecule has 2 N–H and O–H groups in total. The van der Waals surface area contributed by atoms with Gasteiger partial charge in [-0.15, -0.1) is 12.4 Å². The van der Waals surface area contributed by atoms with E-state index in [-0.39, 0.29) is 30.1 Å². The van der Waals surface area contributed by atoms with Crippen molar-refractivity contribution in [1.29, 1.82) is 0 Å². The molecule has 0 spiro atoms. The Balaban J connectivity index is 0.00000361. The molecule has 1 amide bonds. The second-order valence-corrected chi connectivity index (χ2v) is 8.03. The van der Waals surface area contributed by atoms with E-state index in [0.29, 0.717) is 18.3 Å². The molecule has 0 aromatic carbocycles. The van der Waals surface area contributed by atoms with Gasteiger partial charge < -0.3 is 10.6 Å². The summed E-state index contributed by atoms with van der Waals surface area (Å²) < 4.78 is 22.3. The Kier molecular flexibility index (Phi) is 8.70. The van der Waals surface area contributed by atoms with Crippen molar-refractivity contribution in [3.05, 3.63) is 0 Å². The van der Waals surface area contributed by atoms with E-state index in [2.05, 4.69) is 17.6 Å². The van der Waals surface area contributed by atoms with Crippen LogP contribution in [0.15, 0.2) is 0 Å². The van der Waals surface area contributed by atoms with Gasteiger partial charge in [-0.1, -0.05) is 6.92 Å². The Morgan fingerprint density at radius 3 is 2.55 bits per heavy atom. The van der Waals surface area contributed by atoms with Crippen LogP contribution >= 0.6 is 12.4 Å². The molecule has 0 bridgehead atoms. The van der Waals surface area contributed by atoms with E-state index in [1.54, 1.807) is 6.92 Å². The summed E-state index contributed by atoms with van der Waals surface area (Å²) in [7, 11) is -3.04. The lowest BCUT2D eigenvalue weighted by molar-refractivity contribution is -0.122.